The second kappa shape index (κ2) is 6.14. The fraction of sp³-hybridized carbons (Fsp3) is 0.231. The van der Waals surface area contributed by atoms with E-state index in [4.69, 9.17) is 10.6 Å². The van der Waals surface area contributed by atoms with E-state index in [9.17, 15) is 10.1 Å². The van der Waals surface area contributed by atoms with Crippen molar-refractivity contribution in [2.45, 2.75) is 20.5 Å². The van der Waals surface area contributed by atoms with Crippen molar-refractivity contribution in [2.75, 3.05) is 5.43 Å². The number of nitro groups is 1. The predicted molar refractivity (Wildman–Crippen MR) is 76.7 cm³/mol. The van der Waals surface area contributed by atoms with Gasteiger partial charge in [0.25, 0.3) is 0 Å². The van der Waals surface area contributed by atoms with E-state index in [2.05, 4.69) is 15.4 Å². The van der Waals surface area contributed by atoms with Gasteiger partial charge in [0.1, 0.15) is 6.61 Å². The molecule has 110 valence electrons. The van der Waals surface area contributed by atoms with Gasteiger partial charge in [-0.15, -0.1) is 0 Å². The number of nitrogens with one attached hydrogen (secondary N) is 1. The van der Waals surface area contributed by atoms with E-state index >= 15 is 0 Å². The Balaban J connectivity index is 2.20. The number of rotatable bonds is 5. The van der Waals surface area contributed by atoms with Crippen molar-refractivity contribution >= 4 is 11.5 Å². The molecule has 0 aliphatic rings. The Kier molecular flexibility index (Phi) is 4.29. The molecule has 0 aliphatic heterocycles. The first kappa shape index (κ1) is 14.7. The number of benzene rings is 1. The largest absolute Gasteiger partial charge is 0.480 e. The normalized spacial score (nSPS) is 10.2. The summed E-state index contributed by atoms with van der Waals surface area (Å²) in [5, 5.41) is 11.1. The smallest absolute Gasteiger partial charge is 0.311 e. The highest BCUT2D eigenvalue weighted by molar-refractivity contribution is 5.53. The van der Waals surface area contributed by atoms with E-state index < -0.39 is 4.92 Å². The van der Waals surface area contributed by atoms with Crippen LogP contribution in [-0.2, 0) is 6.61 Å². The lowest BCUT2D eigenvalue weighted by Gasteiger charge is -2.10. The minimum absolute atomic E-state index is 0.0549. The fourth-order valence-electron chi connectivity index (χ4n) is 1.91. The molecule has 0 spiro atoms. The minimum Gasteiger partial charge on any atom is -0.480 e. The quantitative estimate of drug-likeness (QED) is 0.490. The maximum atomic E-state index is 11.1. The van der Waals surface area contributed by atoms with E-state index in [0.717, 1.165) is 5.56 Å². The second-order valence-corrected chi connectivity index (χ2v) is 4.51. The molecule has 2 aromatic rings. The summed E-state index contributed by atoms with van der Waals surface area (Å²) in [5.41, 5.74) is 4.37. The van der Waals surface area contributed by atoms with E-state index in [1.54, 1.807) is 13.8 Å². The average Bonchev–Trinajstić information content (AvgIpc) is 2.46. The van der Waals surface area contributed by atoms with Gasteiger partial charge in [-0.1, -0.05) is 6.07 Å². The molecule has 8 nitrogen and oxygen atoms in total. The van der Waals surface area contributed by atoms with Gasteiger partial charge in [-0.2, -0.15) is 0 Å². The predicted octanol–water partition coefficient (Wildman–Crippen LogP) is 1.87. The number of hydrogen-bond donors (Lipinski definition) is 2. The van der Waals surface area contributed by atoms with E-state index in [1.807, 2.05) is 6.07 Å². The first-order valence-electron chi connectivity index (χ1n) is 6.17. The Hall–Kier alpha value is -2.74. The lowest BCUT2D eigenvalue weighted by atomic mass is 10.1. The summed E-state index contributed by atoms with van der Waals surface area (Å²) in [4.78, 5) is 18.7. The summed E-state index contributed by atoms with van der Waals surface area (Å²) in [5.74, 6) is 5.86. The molecule has 1 heterocycles. The molecule has 0 amide bonds. The van der Waals surface area contributed by atoms with Crippen LogP contribution in [0.1, 0.15) is 16.8 Å². The first-order valence-corrected chi connectivity index (χ1v) is 6.17. The minimum atomic E-state index is -0.456. The number of aromatic nitrogens is 2. The van der Waals surface area contributed by atoms with Crippen LogP contribution in [0.2, 0.25) is 0 Å². The molecule has 0 bridgehead atoms. The van der Waals surface area contributed by atoms with Crippen molar-refractivity contribution in [1.29, 1.82) is 0 Å². The third-order valence-corrected chi connectivity index (χ3v) is 2.81. The molecule has 8 heteroatoms. The van der Waals surface area contributed by atoms with Crippen LogP contribution >= 0.6 is 0 Å². The molecule has 0 atom stereocenters. The van der Waals surface area contributed by atoms with Crippen molar-refractivity contribution in [3.63, 3.8) is 0 Å². The molecule has 0 fully saturated rings. The molecular weight excluding hydrogens is 274 g/mol. The van der Waals surface area contributed by atoms with Crippen LogP contribution in [0, 0.1) is 24.0 Å². The Labute approximate surface area is 121 Å². The summed E-state index contributed by atoms with van der Waals surface area (Å²) >= 11 is 0. The van der Waals surface area contributed by atoms with Crippen molar-refractivity contribution < 1.29 is 9.66 Å². The number of ether oxygens (including phenoxy) is 1. The Bertz CT molecular complexity index is 658. The molecule has 1 aromatic carbocycles. The molecule has 0 saturated heterocycles. The summed E-state index contributed by atoms with van der Waals surface area (Å²) in [7, 11) is 0. The van der Waals surface area contributed by atoms with Crippen LogP contribution in [0.4, 0.5) is 11.5 Å². The highest BCUT2D eigenvalue weighted by atomic mass is 16.6. The number of anilines is 1. The molecule has 2 rings (SSSR count). The standard InChI is InChI=1S/C13H15N5O3/c1-8-3-9(2)13(11(4-8)18(19)20)21-7-10-5-16-12(17-14)6-15-10/h3-6H,7,14H2,1-2H3,(H,16,17). The highest BCUT2D eigenvalue weighted by Gasteiger charge is 2.18. The van der Waals surface area contributed by atoms with Gasteiger partial charge in [0.15, 0.2) is 11.6 Å². The van der Waals surface area contributed by atoms with E-state index in [1.165, 1.54) is 18.5 Å². The van der Waals surface area contributed by atoms with Crippen molar-refractivity contribution in [3.05, 3.63) is 51.5 Å². The van der Waals surface area contributed by atoms with E-state index in [0.29, 0.717) is 17.1 Å². The van der Waals surface area contributed by atoms with Gasteiger partial charge >= 0.3 is 5.69 Å². The number of nitrogens with two attached hydrogens (primary N) is 1. The van der Waals surface area contributed by atoms with Gasteiger partial charge in [-0.05, 0) is 25.0 Å². The van der Waals surface area contributed by atoms with Crippen molar-refractivity contribution in [1.82, 2.24) is 9.97 Å². The number of aryl methyl sites for hydroxylation is 2. The molecular formula is C13H15N5O3. The highest BCUT2D eigenvalue weighted by Crippen LogP contribution is 2.32. The van der Waals surface area contributed by atoms with Crippen molar-refractivity contribution in [2.24, 2.45) is 5.84 Å². The van der Waals surface area contributed by atoms with Crippen LogP contribution in [0.3, 0.4) is 0 Å². The number of hydrogen-bond acceptors (Lipinski definition) is 7. The summed E-state index contributed by atoms with van der Waals surface area (Å²) < 4.78 is 5.55. The Morgan fingerprint density at radius 1 is 1.33 bits per heavy atom. The van der Waals surface area contributed by atoms with Crippen LogP contribution in [0.25, 0.3) is 0 Å². The third-order valence-electron chi connectivity index (χ3n) is 2.81. The molecule has 1 aromatic heterocycles. The van der Waals surface area contributed by atoms with Gasteiger partial charge in [-0.3, -0.25) is 15.1 Å². The lowest BCUT2D eigenvalue weighted by molar-refractivity contribution is -0.386. The maximum Gasteiger partial charge on any atom is 0.311 e. The van der Waals surface area contributed by atoms with Gasteiger partial charge in [0, 0.05) is 6.07 Å². The molecule has 3 N–H and O–H groups in total. The van der Waals surface area contributed by atoms with Gasteiger partial charge in [-0.25, -0.2) is 10.8 Å². The van der Waals surface area contributed by atoms with Crippen LogP contribution in [0.5, 0.6) is 5.75 Å². The average molecular weight is 289 g/mol. The lowest BCUT2D eigenvalue weighted by Crippen LogP contribution is -2.10. The molecule has 0 radical (unpaired) electrons. The SMILES string of the molecule is Cc1cc(C)c(OCc2cnc(NN)cn2)c([N+](=O)[O-])c1. The van der Waals surface area contributed by atoms with Gasteiger partial charge in [0.2, 0.25) is 0 Å². The van der Waals surface area contributed by atoms with Crippen LogP contribution < -0.4 is 16.0 Å². The number of hydrazine groups is 1. The maximum absolute atomic E-state index is 11.1. The molecule has 0 unspecified atom stereocenters. The van der Waals surface area contributed by atoms with Crippen LogP contribution in [0.15, 0.2) is 24.5 Å². The summed E-state index contributed by atoms with van der Waals surface area (Å²) in [6, 6.07) is 3.31. The Morgan fingerprint density at radius 2 is 2.10 bits per heavy atom. The van der Waals surface area contributed by atoms with Crippen molar-refractivity contribution in [3.8, 4) is 5.75 Å². The number of nitrogen functional groups attached to an aromatic ring is 1. The summed E-state index contributed by atoms with van der Waals surface area (Å²) in [6.07, 6.45) is 2.94. The molecule has 21 heavy (non-hydrogen) atoms. The zero-order valence-corrected chi connectivity index (χ0v) is 11.7. The number of nitrogens with zero attached hydrogens (tertiary/aromatic N) is 3. The zero-order valence-electron chi connectivity index (χ0n) is 11.7. The molecule has 0 aliphatic carbocycles. The van der Waals surface area contributed by atoms with Gasteiger partial charge in [0.05, 0.1) is 23.0 Å². The van der Waals surface area contributed by atoms with E-state index in [-0.39, 0.29) is 18.0 Å². The summed E-state index contributed by atoms with van der Waals surface area (Å²) in [6.45, 7) is 3.65. The second-order valence-electron chi connectivity index (χ2n) is 4.51. The number of nitro benzene ring substituents is 1. The van der Waals surface area contributed by atoms with Crippen LogP contribution in [-0.4, -0.2) is 14.9 Å². The monoisotopic (exact) mass is 289 g/mol. The fourth-order valence-corrected chi connectivity index (χ4v) is 1.91. The topological polar surface area (TPSA) is 116 Å². The third kappa shape index (κ3) is 3.42. The Morgan fingerprint density at radius 3 is 2.67 bits per heavy atom. The zero-order chi connectivity index (χ0) is 15.4. The first-order chi connectivity index (χ1) is 10.0. The van der Waals surface area contributed by atoms with Gasteiger partial charge < -0.3 is 10.2 Å². The molecule has 0 saturated carbocycles.